The van der Waals surface area contributed by atoms with E-state index < -0.39 is 5.54 Å². The number of carbonyl (C=O) groups excluding carboxylic acids is 1. The highest BCUT2D eigenvalue weighted by Gasteiger charge is 2.39. The summed E-state index contributed by atoms with van der Waals surface area (Å²) in [4.78, 5) is 12.4. The number of nitrogens with one attached hydrogen (secondary N) is 2. The van der Waals surface area contributed by atoms with Gasteiger partial charge in [-0.05, 0) is 25.8 Å². The van der Waals surface area contributed by atoms with Gasteiger partial charge in [-0.25, -0.2) is 0 Å². The molecule has 114 valence electrons. The van der Waals surface area contributed by atoms with Gasteiger partial charge in [0.2, 0.25) is 5.91 Å². The van der Waals surface area contributed by atoms with Crippen molar-refractivity contribution in [3.63, 3.8) is 0 Å². The smallest absolute Gasteiger partial charge is 0.244 e. The fraction of sp³-hybridized carbons (Fsp3) is 0.692. The molecule has 2 heterocycles. The van der Waals surface area contributed by atoms with Gasteiger partial charge in [-0.15, -0.1) is 12.4 Å². The minimum absolute atomic E-state index is 0. The molecule has 1 aliphatic rings. The standard InChI is InChI=1S/C13H22N4O2.ClH/c1-3-13(5-4-6-14-13)12(18)16-11-9-15-17(10-11)7-8-19-2;/h9-10,14H,3-8H2,1-2H3,(H,16,18);1H. The monoisotopic (exact) mass is 302 g/mol. The molecule has 1 saturated heterocycles. The molecule has 0 bridgehead atoms. The quantitative estimate of drug-likeness (QED) is 0.834. The Balaban J connectivity index is 0.00000200. The fourth-order valence-electron chi connectivity index (χ4n) is 2.45. The van der Waals surface area contributed by atoms with Crippen molar-refractivity contribution in [2.24, 2.45) is 0 Å². The Kier molecular flexibility index (Phi) is 6.45. The zero-order chi connectivity index (χ0) is 13.7. The molecular formula is C13H23ClN4O2. The van der Waals surface area contributed by atoms with Crippen LogP contribution in [0.5, 0.6) is 0 Å². The zero-order valence-corrected chi connectivity index (χ0v) is 12.8. The number of hydrogen-bond donors (Lipinski definition) is 2. The van der Waals surface area contributed by atoms with Gasteiger partial charge in [0.1, 0.15) is 0 Å². The second kappa shape index (κ2) is 7.61. The van der Waals surface area contributed by atoms with Crippen molar-refractivity contribution in [1.82, 2.24) is 15.1 Å². The van der Waals surface area contributed by atoms with Crippen LogP contribution in [0.3, 0.4) is 0 Å². The van der Waals surface area contributed by atoms with E-state index in [4.69, 9.17) is 4.74 Å². The van der Waals surface area contributed by atoms with Crippen LogP contribution in [0, 0.1) is 0 Å². The Morgan fingerprint density at radius 1 is 1.65 bits per heavy atom. The lowest BCUT2D eigenvalue weighted by atomic mass is 9.93. The highest BCUT2D eigenvalue weighted by atomic mass is 35.5. The first kappa shape index (κ1) is 16.9. The Labute approximate surface area is 125 Å². The molecule has 2 rings (SSSR count). The average molecular weight is 303 g/mol. The molecule has 1 amide bonds. The maximum atomic E-state index is 12.4. The second-order valence-electron chi connectivity index (χ2n) is 4.90. The molecule has 0 aromatic carbocycles. The third kappa shape index (κ3) is 3.71. The maximum absolute atomic E-state index is 12.4. The first-order chi connectivity index (χ1) is 9.20. The van der Waals surface area contributed by atoms with Crippen molar-refractivity contribution in [3.8, 4) is 0 Å². The molecule has 6 nitrogen and oxygen atoms in total. The van der Waals surface area contributed by atoms with E-state index in [1.165, 1.54) is 0 Å². The molecule has 0 saturated carbocycles. The number of hydrogen-bond acceptors (Lipinski definition) is 4. The summed E-state index contributed by atoms with van der Waals surface area (Å²) in [5.74, 6) is 0.0405. The van der Waals surface area contributed by atoms with E-state index in [1.807, 2.05) is 13.1 Å². The highest BCUT2D eigenvalue weighted by molar-refractivity contribution is 5.98. The minimum Gasteiger partial charge on any atom is -0.383 e. The van der Waals surface area contributed by atoms with Crippen LogP contribution >= 0.6 is 12.4 Å². The Morgan fingerprint density at radius 2 is 2.45 bits per heavy atom. The molecule has 1 unspecified atom stereocenters. The molecule has 7 heteroatoms. The lowest BCUT2D eigenvalue weighted by Crippen LogP contribution is -2.50. The predicted octanol–water partition coefficient (Wildman–Crippen LogP) is 1.42. The van der Waals surface area contributed by atoms with Crippen LogP contribution in [-0.4, -0.2) is 41.5 Å². The molecule has 1 fully saturated rings. The van der Waals surface area contributed by atoms with Crippen molar-refractivity contribution >= 4 is 24.0 Å². The van der Waals surface area contributed by atoms with E-state index in [9.17, 15) is 4.79 Å². The predicted molar refractivity (Wildman–Crippen MR) is 80.2 cm³/mol. The summed E-state index contributed by atoms with van der Waals surface area (Å²) in [5, 5.41) is 10.5. The van der Waals surface area contributed by atoms with Crippen molar-refractivity contribution in [3.05, 3.63) is 12.4 Å². The van der Waals surface area contributed by atoms with Crippen LogP contribution < -0.4 is 10.6 Å². The summed E-state index contributed by atoms with van der Waals surface area (Å²) in [6.07, 6.45) is 6.25. The first-order valence-electron chi connectivity index (χ1n) is 6.78. The minimum atomic E-state index is -0.408. The van der Waals surface area contributed by atoms with E-state index >= 15 is 0 Å². The van der Waals surface area contributed by atoms with Crippen LogP contribution in [0.1, 0.15) is 26.2 Å². The van der Waals surface area contributed by atoms with Gasteiger partial charge in [-0.2, -0.15) is 5.10 Å². The van der Waals surface area contributed by atoms with Crippen LogP contribution in [0.2, 0.25) is 0 Å². The second-order valence-corrected chi connectivity index (χ2v) is 4.90. The summed E-state index contributed by atoms with van der Waals surface area (Å²) >= 11 is 0. The maximum Gasteiger partial charge on any atom is 0.244 e. The number of halogens is 1. The summed E-state index contributed by atoms with van der Waals surface area (Å²) in [6, 6.07) is 0. The Hall–Kier alpha value is -1.11. The molecular weight excluding hydrogens is 280 g/mol. The van der Waals surface area contributed by atoms with Crippen LogP contribution in [0.15, 0.2) is 12.4 Å². The van der Waals surface area contributed by atoms with Crippen LogP contribution in [0.4, 0.5) is 5.69 Å². The van der Waals surface area contributed by atoms with E-state index in [0.29, 0.717) is 13.2 Å². The molecule has 0 radical (unpaired) electrons. The number of anilines is 1. The van der Waals surface area contributed by atoms with Crippen molar-refractivity contribution in [2.45, 2.75) is 38.3 Å². The summed E-state index contributed by atoms with van der Waals surface area (Å²) < 4.78 is 6.76. The third-order valence-corrected chi connectivity index (χ3v) is 3.70. The number of methoxy groups -OCH3 is 1. The molecule has 1 aromatic heterocycles. The number of rotatable bonds is 6. The largest absolute Gasteiger partial charge is 0.383 e. The van der Waals surface area contributed by atoms with E-state index in [-0.39, 0.29) is 18.3 Å². The van der Waals surface area contributed by atoms with Crippen LogP contribution in [0.25, 0.3) is 0 Å². The SMILES string of the molecule is CCC1(C(=O)Nc2cnn(CCOC)c2)CCCN1.Cl. The number of ether oxygens (including phenoxy) is 1. The van der Waals surface area contributed by atoms with Crippen molar-refractivity contribution in [1.29, 1.82) is 0 Å². The number of aromatic nitrogens is 2. The van der Waals surface area contributed by atoms with Gasteiger partial charge in [0.15, 0.2) is 0 Å². The molecule has 1 aromatic rings. The molecule has 1 aliphatic heterocycles. The lowest BCUT2D eigenvalue weighted by Gasteiger charge is -2.26. The van der Waals surface area contributed by atoms with Crippen molar-refractivity contribution < 1.29 is 9.53 Å². The number of amides is 1. The highest BCUT2D eigenvalue weighted by Crippen LogP contribution is 2.24. The molecule has 1 atom stereocenters. The molecule has 20 heavy (non-hydrogen) atoms. The van der Waals surface area contributed by atoms with Gasteiger partial charge < -0.3 is 15.4 Å². The van der Waals surface area contributed by atoms with Gasteiger partial charge in [-0.1, -0.05) is 6.92 Å². The van der Waals surface area contributed by atoms with Gasteiger partial charge in [0, 0.05) is 13.3 Å². The summed E-state index contributed by atoms with van der Waals surface area (Å²) in [5.41, 5.74) is 0.330. The summed E-state index contributed by atoms with van der Waals surface area (Å²) in [7, 11) is 1.66. The number of carbonyl (C=O) groups is 1. The fourth-order valence-corrected chi connectivity index (χ4v) is 2.45. The van der Waals surface area contributed by atoms with E-state index in [2.05, 4.69) is 15.7 Å². The van der Waals surface area contributed by atoms with Gasteiger partial charge in [-0.3, -0.25) is 9.48 Å². The topological polar surface area (TPSA) is 68.2 Å². The Morgan fingerprint density at radius 3 is 3.05 bits per heavy atom. The summed E-state index contributed by atoms with van der Waals surface area (Å²) in [6.45, 7) is 4.24. The van der Waals surface area contributed by atoms with Crippen LogP contribution in [-0.2, 0) is 16.1 Å². The van der Waals surface area contributed by atoms with E-state index in [0.717, 1.165) is 31.5 Å². The third-order valence-electron chi connectivity index (χ3n) is 3.70. The Bertz CT molecular complexity index is 430. The van der Waals surface area contributed by atoms with E-state index in [1.54, 1.807) is 18.0 Å². The molecule has 0 spiro atoms. The number of nitrogens with zero attached hydrogens (tertiary/aromatic N) is 2. The van der Waals surface area contributed by atoms with Crippen molar-refractivity contribution in [2.75, 3.05) is 25.6 Å². The first-order valence-corrected chi connectivity index (χ1v) is 6.78. The van der Waals surface area contributed by atoms with Gasteiger partial charge in [0.25, 0.3) is 0 Å². The lowest BCUT2D eigenvalue weighted by molar-refractivity contribution is -0.122. The average Bonchev–Trinajstić information content (AvgIpc) is 3.06. The van der Waals surface area contributed by atoms with Gasteiger partial charge in [0.05, 0.1) is 30.6 Å². The molecule has 0 aliphatic carbocycles. The molecule has 2 N–H and O–H groups in total. The normalized spacial score (nSPS) is 21.5. The van der Waals surface area contributed by atoms with Gasteiger partial charge >= 0.3 is 0 Å². The zero-order valence-electron chi connectivity index (χ0n) is 12.0.